The van der Waals surface area contributed by atoms with Crippen LogP contribution in [0.25, 0.3) is 0 Å². The number of hydrogen-bond donors (Lipinski definition) is 3. The monoisotopic (exact) mass is 810 g/mol. The lowest BCUT2D eigenvalue weighted by Crippen LogP contribution is -2.27. The molecule has 0 aromatic rings. The van der Waals surface area contributed by atoms with E-state index in [-0.39, 0.29) is 32.1 Å². The second-order valence-corrected chi connectivity index (χ2v) is 16.5. The van der Waals surface area contributed by atoms with Crippen LogP contribution in [0.15, 0.2) is 48.6 Å². The van der Waals surface area contributed by atoms with Crippen molar-refractivity contribution in [1.82, 2.24) is 5.32 Å². The van der Waals surface area contributed by atoms with E-state index in [2.05, 4.69) is 67.8 Å². The first kappa shape index (κ1) is 54.0. The largest absolute Gasteiger partial charge is 0.472 e. The Balaban J connectivity index is 3.62. The molecule has 0 heterocycles. The minimum absolute atomic E-state index is 0.0813. The van der Waals surface area contributed by atoms with E-state index in [9.17, 15) is 24.2 Å². The molecule has 2 unspecified atom stereocenters. The van der Waals surface area contributed by atoms with Gasteiger partial charge in [0.05, 0.1) is 13.2 Å². The predicted octanol–water partition coefficient (Wildman–Crippen LogP) is 12.7. The molecule has 1 amide bonds. The molecule has 0 aliphatic rings. The molecule has 0 aromatic carbocycles. The van der Waals surface area contributed by atoms with E-state index in [1.807, 2.05) is 0 Å². The number of carbonyl (C=O) groups is 2. The van der Waals surface area contributed by atoms with Gasteiger partial charge in [-0.3, -0.25) is 18.6 Å². The maximum atomic E-state index is 12.1. The Morgan fingerprint density at radius 2 is 0.964 bits per heavy atom. The number of ether oxygens (including phenoxy) is 1. The molecule has 0 fully saturated rings. The van der Waals surface area contributed by atoms with Gasteiger partial charge >= 0.3 is 13.8 Å². The number of hydrogen-bond acceptors (Lipinski definition) is 7. The smallest absolute Gasteiger partial charge is 0.463 e. The molecule has 0 radical (unpaired) electrons. The molecule has 56 heavy (non-hydrogen) atoms. The molecule has 10 heteroatoms. The third kappa shape index (κ3) is 43.1. The summed E-state index contributed by atoms with van der Waals surface area (Å²) in [4.78, 5) is 33.9. The van der Waals surface area contributed by atoms with E-state index in [4.69, 9.17) is 13.8 Å². The van der Waals surface area contributed by atoms with Crippen LogP contribution in [0, 0.1) is 0 Å². The van der Waals surface area contributed by atoms with E-state index in [1.54, 1.807) is 0 Å². The van der Waals surface area contributed by atoms with Crippen LogP contribution < -0.4 is 5.32 Å². The number of carbonyl (C=O) groups excluding carboxylic acids is 2. The first-order valence-corrected chi connectivity index (χ1v) is 24.1. The normalized spacial score (nSPS) is 13.7. The van der Waals surface area contributed by atoms with Gasteiger partial charge in [0.25, 0.3) is 0 Å². The molecule has 0 aliphatic heterocycles. The van der Waals surface area contributed by atoms with Crippen LogP contribution in [0.4, 0.5) is 0 Å². The number of rotatable bonds is 42. The highest BCUT2D eigenvalue weighted by molar-refractivity contribution is 7.47. The fraction of sp³-hybridized carbons (Fsp3) is 0.783. The van der Waals surface area contributed by atoms with E-state index in [0.29, 0.717) is 6.42 Å². The Kier molecular flexibility index (Phi) is 41.0. The van der Waals surface area contributed by atoms with E-state index >= 15 is 0 Å². The van der Waals surface area contributed by atoms with Crippen molar-refractivity contribution < 1.29 is 37.9 Å². The highest BCUT2D eigenvalue weighted by Crippen LogP contribution is 2.42. The average Bonchev–Trinajstić information content (AvgIpc) is 3.18. The summed E-state index contributed by atoms with van der Waals surface area (Å²) >= 11 is 0. The quantitative estimate of drug-likeness (QED) is 0.0240. The van der Waals surface area contributed by atoms with Gasteiger partial charge in [-0.25, -0.2) is 4.57 Å². The van der Waals surface area contributed by atoms with Crippen LogP contribution in [0.3, 0.4) is 0 Å². The predicted molar refractivity (Wildman–Crippen MR) is 234 cm³/mol. The van der Waals surface area contributed by atoms with Crippen LogP contribution >= 0.6 is 7.82 Å². The van der Waals surface area contributed by atoms with E-state index in [1.165, 1.54) is 103 Å². The lowest BCUT2D eigenvalue weighted by molar-refractivity contribution is -0.147. The fourth-order valence-corrected chi connectivity index (χ4v) is 6.83. The number of unbranched alkanes of at least 4 members (excludes halogenated alkanes) is 21. The number of aliphatic hydroxyl groups excluding tert-OH is 1. The Labute approximate surface area is 343 Å². The van der Waals surface area contributed by atoms with Crippen LogP contribution in [0.2, 0.25) is 0 Å². The molecular formula is C46H84NO8P. The highest BCUT2D eigenvalue weighted by atomic mass is 31.2. The number of esters is 1. The first-order chi connectivity index (χ1) is 27.3. The molecule has 326 valence electrons. The zero-order valence-electron chi connectivity index (χ0n) is 35.8. The second kappa shape index (κ2) is 42.6. The summed E-state index contributed by atoms with van der Waals surface area (Å²) in [6.07, 6.45) is 48.9. The summed E-state index contributed by atoms with van der Waals surface area (Å²) in [5.41, 5.74) is 0. The summed E-state index contributed by atoms with van der Waals surface area (Å²) in [6.45, 7) is 3.51. The zero-order chi connectivity index (χ0) is 41.1. The van der Waals surface area contributed by atoms with E-state index in [0.717, 1.165) is 70.6 Å². The number of phosphoric ester groups is 1. The molecule has 0 rings (SSSR count). The Hall–Kier alpha value is -2.03. The van der Waals surface area contributed by atoms with Gasteiger partial charge in [0.2, 0.25) is 5.91 Å². The van der Waals surface area contributed by atoms with Crippen molar-refractivity contribution in [2.45, 2.75) is 206 Å². The summed E-state index contributed by atoms with van der Waals surface area (Å²) in [5, 5.41) is 12.7. The molecule has 2 atom stereocenters. The molecule has 0 spiro atoms. The molecule has 0 saturated heterocycles. The Bertz CT molecular complexity index is 1060. The first-order valence-electron chi connectivity index (χ1n) is 22.6. The summed E-state index contributed by atoms with van der Waals surface area (Å²) < 4.78 is 26.9. The molecule has 9 nitrogen and oxygen atoms in total. The topological polar surface area (TPSA) is 131 Å². The van der Waals surface area contributed by atoms with Crippen LogP contribution in [-0.2, 0) is 27.9 Å². The molecule has 0 aliphatic carbocycles. The number of amides is 1. The number of allylic oxidation sites excluding steroid dienone is 8. The summed E-state index contributed by atoms with van der Waals surface area (Å²) in [6, 6.07) is 0. The van der Waals surface area contributed by atoms with Crippen molar-refractivity contribution in [3.8, 4) is 0 Å². The standard InChI is InChI=1S/C46H84NO8P/c1-3-5-7-9-11-13-15-17-18-19-20-21-22-23-24-25-26-27-29-31-33-35-37-39-46(50)53-42-44(48)43-55-56(51,52)54-41-40-47-45(49)38-36-34-32-30-28-16-14-12-10-8-6-4-2/h11,13,17-18,20-21,23-24,44,48H,3-10,12,14-16,19,22,25-43H2,1-2H3,(H,47,49)(H,51,52)/b13-11-,18-17-,21-20-,24-23-. The number of nitrogens with one attached hydrogen (secondary N) is 1. The lowest BCUT2D eigenvalue weighted by Gasteiger charge is -2.15. The summed E-state index contributed by atoms with van der Waals surface area (Å²) in [5.74, 6) is -0.526. The van der Waals surface area contributed by atoms with Gasteiger partial charge in [-0.1, -0.05) is 178 Å². The maximum absolute atomic E-state index is 12.1. The van der Waals surface area contributed by atoms with Crippen molar-refractivity contribution in [2.75, 3.05) is 26.4 Å². The average molecular weight is 810 g/mol. The molecule has 0 saturated carbocycles. The van der Waals surface area contributed by atoms with Gasteiger partial charge < -0.3 is 20.1 Å². The molecular weight excluding hydrogens is 725 g/mol. The van der Waals surface area contributed by atoms with Gasteiger partial charge in [-0.2, -0.15) is 0 Å². The third-order valence-corrected chi connectivity index (χ3v) is 10.5. The lowest BCUT2D eigenvalue weighted by atomic mass is 10.0. The Morgan fingerprint density at radius 1 is 0.554 bits per heavy atom. The zero-order valence-corrected chi connectivity index (χ0v) is 36.7. The molecule has 0 aromatic heterocycles. The van der Waals surface area contributed by atoms with Gasteiger partial charge in [-0.05, 0) is 57.8 Å². The van der Waals surface area contributed by atoms with Crippen molar-refractivity contribution in [2.24, 2.45) is 0 Å². The van der Waals surface area contributed by atoms with Crippen molar-refractivity contribution >= 4 is 19.7 Å². The highest BCUT2D eigenvalue weighted by Gasteiger charge is 2.23. The minimum atomic E-state index is -4.42. The van der Waals surface area contributed by atoms with Crippen LogP contribution in [0.1, 0.15) is 200 Å². The second-order valence-electron chi connectivity index (χ2n) is 15.0. The van der Waals surface area contributed by atoms with Crippen LogP contribution in [0.5, 0.6) is 0 Å². The molecule has 0 bridgehead atoms. The summed E-state index contributed by atoms with van der Waals surface area (Å²) in [7, 11) is -4.42. The SMILES string of the molecule is CCCCC/C=C\C/C=C\C/C=C\C/C=C\CCCCCCCCCC(=O)OCC(O)COP(=O)(O)OCCNC(=O)CCCCCCCCCCCCCC. The fourth-order valence-electron chi connectivity index (χ4n) is 6.07. The third-order valence-electron chi connectivity index (χ3n) is 9.51. The number of phosphoric acid groups is 1. The van der Waals surface area contributed by atoms with Crippen molar-refractivity contribution in [3.63, 3.8) is 0 Å². The number of aliphatic hydroxyl groups is 1. The van der Waals surface area contributed by atoms with Crippen molar-refractivity contribution in [1.29, 1.82) is 0 Å². The van der Waals surface area contributed by atoms with Crippen molar-refractivity contribution in [3.05, 3.63) is 48.6 Å². The van der Waals surface area contributed by atoms with Gasteiger partial charge in [0, 0.05) is 19.4 Å². The minimum Gasteiger partial charge on any atom is -0.463 e. The molecule has 3 N–H and O–H groups in total. The van der Waals surface area contributed by atoms with Gasteiger partial charge in [0.1, 0.15) is 12.7 Å². The Morgan fingerprint density at radius 3 is 1.48 bits per heavy atom. The van der Waals surface area contributed by atoms with Crippen LogP contribution in [-0.4, -0.2) is 54.3 Å². The maximum Gasteiger partial charge on any atom is 0.472 e. The van der Waals surface area contributed by atoms with Gasteiger partial charge in [0.15, 0.2) is 0 Å². The van der Waals surface area contributed by atoms with E-state index < -0.39 is 26.5 Å². The van der Waals surface area contributed by atoms with Gasteiger partial charge in [-0.15, -0.1) is 0 Å².